The van der Waals surface area contributed by atoms with Crippen molar-refractivity contribution >= 4 is 11.6 Å². The number of hydrogen-bond donors (Lipinski definition) is 0. The molecule has 1 nitrogen and oxygen atoms in total. The Kier molecular flexibility index (Phi) is 3.23. The molecule has 0 radical (unpaired) electrons. The molecule has 0 heterocycles. The van der Waals surface area contributed by atoms with Crippen LogP contribution < -0.4 is 4.74 Å². The Labute approximate surface area is 112 Å². The highest BCUT2D eigenvalue weighted by Crippen LogP contribution is 2.54. The van der Waals surface area contributed by atoms with E-state index in [9.17, 15) is 4.39 Å². The SMILES string of the molecule is COc1ccc(C(Cl)C2CC3CCC2C3)cc1F. The Bertz CT molecular complexity index is 448. The fourth-order valence-electron chi connectivity index (χ4n) is 3.75. The Balaban J connectivity index is 1.80. The van der Waals surface area contributed by atoms with Crippen molar-refractivity contribution in [2.45, 2.75) is 31.1 Å². The van der Waals surface area contributed by atoms with Crippen LogP contribution in [0.1, 0.15) is 36.6 Å². The van der Waals surface area contributed by atoms with Crippen molar-refractivity contribution in [3.05, 3.63) is 29.6 Å². The average molecular weight is 269 g/mol. The van der Waals surface area contributed by atoms with Crippen LogP contribution in [0.15, 0.2) is 18.2 Å². The van der Waals surface area contributed by atoms with Crippen LogP contribution in [0.25, 0.3) is 0 Å². The van der Waals surface area contributed by atoms with E-state index in [1.165, 1.54) is 38.9 Å². The van der Waals surface area contributed by atoms with Gasteiger partial charge in [0.15, 0.2) is 11.6 Å². The molecule has 0 amide bonds. The summed E-state index contributed by atoms with van der Waals surface area (Å²) in [4.78, 5) is 0. The van der Waals surface area contributed by atoms with Gasteiger partial charge in [-0.3, -0.25) is 0 Å². The molecule has 18 heavy (non-hydrogen) atoms. The van der Waals surface area contributed by atoms with Crippen LogP contribution in [-0.4, -0.2) is 7.11 Å². The van der Waals surface area contributed by atoms with Gasteiger partial charge in [-0.05, 0) is 54.7 Å². The van der Waals surface area contributed by atoms with Gasteiger partial charge in [-0.15, -0.1) is 11.6 Å². The lowest BCUT2D eigenvalue weighted by molar-refractivity contribution is 0.322. The van der Waals surface area contributed by atoms with Crippen molar-refractivity contribution in [3.8, 4) is 5.75 Å². The van der Waals surface area contributed by atoms with Crippen molar-refractivity contribution in [1.82, 2.24) is 0 Å². The summed E-state index contributed by atoms with van der Waals surface area (Å²) in [5, 5.41) is -0.0549. The highest BCUT2D eigenvalue weighted by atomic mass is 35.5. The van der Waals surface area contributed by atoms with Gasteiger partial charge >= 0.3 is 0 Å². The largest absolute Gasteiger partial charge is 0.494 e. The van der Waals surface area contributed by atoms with Gasteiger partial charge in [-0.2, -0.15) is 0 Å². The predicted molar refractivity (Wildman–Crippen MR) is 70.5 cm³/mol. The van der Waals surface area contributed by atoms with Crippen molar-refractivity contribution < 1.29 is 9.13 Å². The second-order valence-electron chi connectivity index (χ2n) is 5.63. The molecule has 2 aliphatic rings. The van der Waals surface area contributed by atoms with Crippen LogP contribution in [0.5, 0.6) is 5.75 Å². The van der Waals surface area contributed by atoms with Crippen molar-refractivity contribution in [1.29, 1.82) is 0 Å². The van der Waals surface area contributed by atoms with E-state index in [1.54, 1.807) is 6.07 Å². The number of rotatable bonds is 3. The van der Waals surface area contributed by atoms with Gasteiger partial charge in [0.25, 0.3) is 0 Å². The number of fused-ring (bicyclic) bond motifs is 2. The lowest BCUT2D eigenvalue weighted by Gasteiger charge is -2.26. The normalized spacial score (nSPS) is 31.6. The van der Waals surface area contributed by atoms with Gasteiger partial charge in [-0.1, -0.05) is 12.5 Å². The number of methoxy groups -OCH3 is 1. The molecule has 2 fully saturated rings. The number of halogens is 2. The third kappa shape index (κ3) is 2.01. The van der Waals surface area contributed by atoms with Crippen molar-refractivity contribution in [2.75, 3.05) is 7.11 Å². The molecule has 0 N–H and O–H groups in total. The number of hydrogen-bond acceptors (Lipinski definition) is 1. The zero-order valence-electron chi connectivity index (χ0n) is 10.5. The minimum Gasteiger partial charge on any atom is -0.494 e. The van der Waals surface area contributed by atoms with E-state index in [1.807, 2.05) is 6.07 Å². The maximum atomic E-state index is 13.7. The monoisotopic (exact) mass is 268 g/mol. The van der Waals surface area contributed by atoms with Crippen molar-refractivity contribution in [3.63, 3.8) is 0 Å². The summed E-state index contributed by atoms with van der Waals surface area (Å²) in [7, 11) is 1.48. The van der Waals surface area contributed by atoms with Gasteiger partial charge in [-0.25, -0.2) is 4.39 Å². The van der Waals surface area contributed by atoms with Crippen LogP contribution in [-0.2, 0) is 0 Å². The first-order valence-corrected chi connectivity index (χ1v) is 7.10. The van der Waals surface area contributed by atoms with E-state index in [4.69, 9.17) is 16.3 Å². The summed E-state index contributed by atoms with van der Waals surface area (Å²) in [5.41, 5.74) is 0.896. The van der Waals surface area contributed by atoms with Gasteiger partial charge in [0.05, 0.1) is 12.5 Å². The third-order valence-electron chi connectivity index (χ3n) is 4.66. The van der Waals surface area contributed by atoms with Crippen LogP contribution in [0.3, 0.4) is 0 Å². The minimum atomic E-state index is -0.316. The van der Waals surface area contributed by atoms with Crippen molar-refractivity contribution in [2.24, 2.45) is 17.8 Å². The zero-order chi connectivity index (χ0) is 12.7. The van der Waals surface area contributed by atoms with E-state index in [0.29, 0.717) is 5.92 Å². The quantitative estimate of drug-likeness (QED) is 0.731. The molecule has 0 aromatic heterocycles. The smallest absolute Gasteiger partial charge is 0.165 e. The second-order valence-corrected chi connectivity index (χ2v) is 6.10. The summed E-state index contributed by atoms with van der Waals surface area (Å²) >= 11 is 6.57. The Morgan fingerprint density at radius 1 is 1.33 bits per heavy atom. The zero-order valence-corrected chi connectivity index (χ0v) is 11.3. The molecule has 2 bridgehead atoms. The molecule has 1 aromatic carbocycles. The second kappa shape index (κ2) is 4.73. The number of benzene rings is 1. The molecular formula is C15H18ClFO. The average Bonchev–Trinajstić information content (AvgIpc) is 3.00. The standard InChI is InChI=1S/C15H18ClFO/c1-18-14-5-4-11(8-13(14)17)15(16)12-7-9-2-3-10(12)6-9/h4-5,8-10,12,15H,2-3,6-7H2,1H3. The lowest BCUT2D eigenvalue weighted by atomic mass is 9.84. The summed E-state index contributed by atoms with van der Waals surface area (Å²) in [6, 6.07) is 5.10. The molecule has 0 saturated heterocycles. The Hall–Kier alpha value is -0.760. The molecule has 3 rings (SSSR count). The lowest BCUT2D eigenvalue weighted by Crippen LogP contribution is -2.16. The van der Waals surface area contributed by atoms with E-state index in [2.05, 4.69) is 0 Å². The van der Waals surface area contributed by atoms with Gasteiger partial charge in [0, 0.05) is 0 Å². The molecular weight excluding hydrogens is 251 g/mol. The summed E-state index contributed by atoms with van der Waals surface area (Å²) in [6.07, 6.45) is 5.21. The minimum absolute atomic E-state index is 0.0549. The highest BCUT2D eigenvalue weighted by molar-refractivity contribution is 6.21. The Morgan fingerprint density at radius 2 is 2.17 bits per heavy atom. The third-order valence-corrected chi connectivity index (χ3v) is 5.24. The number of alkyl halides is 1. The summed E-state index contributed by atoms with van der Waals surface area (Å²) in [5.74, 6) is 2.12. The number of ether oxygens (including phenoxy) is 1. The topological polar surface area (TPSA) is 9.23 Å². The summed E-state index contributed by atoms with van der Waals surface area (Å²) < 4.78 is 18.6. The molecule has 1 aromatic rings. The first-order chi connectivity index (χ1) is 8.69. The first-order valence-electron chi connectivity index (χ1n) is 6.66. The maximum Gasteiger partial charge on any atom is 0.165 e. The Morgan fingerprint density at radius 3 is 2.72 bits per heavy atom. The van der Waals surface area contributed by atoms with E-state index < -0.39 is 0 Å². The molecule has 2 aliphatic carbocycles. The predicted octanol–water partition coefficient (Wildman–Crippen LogP) is 4.55. The molecule has 4 atom stereocenters. The highest BCUT2D eigenvalue weighted by Gasteiger charge is 2.43. The molecule has 0 aliphatic heterocycles. The fraction of sp³-hybridized carbons (Fsp3) is 0.600. The van der Waals surface area contributed by atoms with Crippen LogP contribution in [0.2, 0.25) is 0 Å². The van der Waals surface area contributed by atoms with E-state index >= 15 is 0 Å². The molecule has 0 spiro atoms. The fourth-order valence-corrected chi connectivity index (χ4v) is 4.20. The van der Waals surface area contributed by atoms with Crippen LogP contribution in [0.4, 0.5) is 4.39 Å². The van der Waals surface area contributed by atoms with Gasteiger partial charge < -0.3 is 4.74 Å². The van der Waals surface area contributed by atoms with Gasteiger partial charge in [0.2, 0.25) is 0 Å². The first kappa shape index (κ1) is 12.3. The van der Waals surface area contributed by atoms with E-state index in [0.717, 1.165) is 17.4 Å². The molecule has 98 valence electrons. The molecule has 2 saturated carbocycles. The van der Waals surface area contributed by atoms with Gasteiger partial charge in [0.1, 0.15) is 0 Å². The van der Waals surface area contributed by atoms with Crippen LogP contribution >= 0.6 is 11.6 Å². The van der Waals surface area contributed by atoms with E-state index in [-0.39, 0.29) is 16.9 Å². The molecule has 4 unspecified atom stereocenters. The van der Waals surface area contributed by atoms with Crippen LogP contribution in [0, 0.1) is 23.6 Å². The summed E-state index contributed by atoms with van der Waals surface area (Å²) in [6.45, 7) is 0. The maximum absolute atomic E-state index is 13.7. The molecule has 3 heteroatoms.